The number of likely N-dealkylation sites (N-methyl/N-ethyl adjacent to an activating group) is 1. The molecule has 0 atom stereocenters. The number of nitrogens with one attached hydrogen (secondary N) is 1. The molecule has 0 bridgehead atoms. The van der Waals surface area contributed by atoms with Crippen molar-refractivity contribution in [3.63, 3.8) is 0 Å². The summed E-state index contributed by atoms with van der Waals surface area (Å²) in [5.74, 6) is 0.0340. The number of benzene rings is 2. The zero-order valence-electron chi connectivity index (χ0n) is 17.5. The molecule has 0 radical (unpaired) electrons. The Balaban J connectivity index is 1.38. The molecule has 0 unspecified atom stereocenters. The number of nitrogens with zero attached hydrogens (tertiary/aromatic N) is 5. The lowest BCUT2D eigenvalue weighted by Gasteiger charge is -2.32. The van der Waals surface area contributed by atoms with E-state index in [1.807, 2.05) is 23.1 Å². The first-order chi connectivity index (χ1) is 15.5. The molecule has 1 amide bonds. The van der Waals surface area contributed by atoms with Crippen LogP contribution in [0.4, 0.5) is 0 Å². The molecule has 2 aromatic heterocycles. The van der Waals surface area contributed by atoms with Crippen molar-refractivity contribution >= 4 is 28.4 Å². The molecule has 0 aliphatic carbocycles. The molecule has 0 spiro atoms. The van der Waals surface area contributed by atoms with E-state index < -0.39 is 0 Å². The summed E-state index contributed by atoms with van der Waals surface area (Å²) in [6, 6.07) is 14.3. The van der Waals surface area contributed by atoms with Gasteiger partial charge in [-0.05, 0) is 54.9 Å². The Morgan fingerprint density at radius 1 is 1.03 bits per heavy atom. The number of halogens is 1. The van der Waals surface area contributed by atoms with E-state index in [9.17, 15) is 9.59 Å². The van der Waals surface area contributed by atoms with Gasteiger partial charge in [0.05, 0.1) is 17.4 Å². The summed E-state index contributed by atoms with van der Waals surface area (Å²) in [4.78, 5) is 32.2. The lowest BCUT2D eigenvalue weighted by Crippen LogP contribution is -2.47. The molecule has 1 aliphatic heterocycles. The summed E-state index contributed by atoms with van der Waals surface area (Å²) in [6.07, 6.45) is 1.70. The fourth-order valence-corrected chi connectivity index (χ4v) is 4.00. The average Bonchev–Trinajstić information content (AvgIpc) is 3.29. The molecule has 32 heavy (non-hydrogen) atoms. The van der Waals surface area contributed by atoms with Crippen molar-refractivity contribution < 1.29 is 4.79 Å². The van der Waals surface area contributed by atoms with Crippen molar-refractivity contribution in [2.45, 2.75) is 0 Å². The number of hydrogen-bond acceptors (Lipinski definition) is 5. The van der Waals surface area contributed by atoms with Gasteiger partial charge in [-0.3, -0.25) is 9.59 Å². The third-order valence-electron chi connectivity index (χ3n) is 5.75. The molecule has 1 fully saturated rings. The monoisotopic (exact) mass is 448 g/mol. The Morgan fingerprint density at radius 2 is 1.78 bits per heavy atom. The Labute approximate surface area is 189 Å². The fraction of sp³-hybridized carbons (Fsp3) is 0.217. The topological polar surface area (TPSA) is 87.1 Å². The number of fused-ring (bicyclic) bond motifs is 1. The SMILES string of the molecule is CN1CCN(C(=O)c2ccc(-n3cc(-c4cc5ccc(Cl)cc5[nH]c4=O)nn3)cc2)CC1. The lowest BCUT2D eigenvalue weighted by molar-refractivity contribution is 0.0664. The molecule has 4 aromatic rings. The average molecular weight is 449 g/mol. The van der Waals surface area contributed by atoms with Crippen molar-refractivity contribution in [2.24, 2.45) is 0 Å². The maximum absolute atomic E-state index is 12.7. The molecule has 8 nitrogen and oxygen atoms in total. The highest BCUT2D eigenvalue weighted by Gasteiger charge is 2.20. The number of pyridine rings is 1. The van der Waals surface area contributed by atoms with Crippen LogP contribution in [0.2, 0.25) is 5.02 Å². The van der Waals surface area contributed by atoms with Crippen LogP contribution < -0.4 is 5.56 Å². The predicted molar refractivity (Wildman–Crippen MR) is 123 cm³/mol. The standard InChI is InChI=1S/C23H21ClN6O2/c1-28-8-10-29(11-9-28)23(32)15-3-6-18(7-4-15)30-14-21(26-27-30)19-12-16-2-5-17(24)13-20(16)25-22(19)31/h2-7,12-14H,8-11H2,1H3,(H,25,31). The van der Waals surface area contributed by atoms with Crippen molar-refractivity contribution in [3.05, 3.63) is 75.7 Å². The van der Waals surface area contributed by atoms with E-state index in [2.05, 4.69) is 27.2 Å². The van der Waals surface area contributed by atoms with Crippen LogP contribution in [0, 0.1) is 0 Å². The Bertz CT molecular complexity index is 1350. The highest BCUT2D eigenvalue weighted by atomic mass is 35.5. The maximum atomic E-state index is 12.7. The van der Waals surface area contributed by atoms with E-state index in [0.717, 1.165) is 37.3 Å². The molecule has 0 saturated carbocycles. The molecule has 3 heterocycles. The van der Waals surface area contributed by atoms with Gasteiger partial charge in [-0.25, -0.2) is 4.68 Å². The van der Waals surface area contributed by atoms with Gasteiger partial charge in [0.15, 0.2) is 0 Å². The van der Waals surface area contributed by atoms with Gasteiger partial charge < -0.3 is 14.8 Å². The van der Waals surface area contributed by atoms with Gasteiger partial charge in [-0.15, -0.1) is 5.10 Å². The van der Waals surface area contributed by atoms with Gasteiger partial charge in [-0.2, -0.15) is 0 Å². The summed E-state index contributed by atoms with van der Waals surface area (Å²) in [7, 11) is 2.06. The number of carbonyl (C=O) groups is 1. The quantitative estimate of drug-likeness (QED) is 0.520. The number of rotatable bonds is 3. The zero-order valence-corrected chi connectivity index (χ0v) is 18.2. The third kappa shape index (κ3) is 3.90. The number of H-pyrrole nitrogens is 1. The summed E-state index contributed by atoms with van der Waals surface area (Å²) in [5, 5.41) is 9.74. The molecule has 162 valence electrons. The van der Waals surface area contributed by atoms with Crippen LogP contribution in [-0.4, -0.2) is 68.9 Å². The van der Waals surface area contributed by atoms with E-state index >= 15 is 0 Å². The van der Waals surface area contributed by atoms with E-state index in [4.69, 9.17) is 11.6 Å². The second-order valence-corrected chi connectivity index (χ2v) is 8.37. The van der Waals surface area contributed by atoms with Crippen molar-refractivity contribution in [1.82, 2.24) is 29.8 Å². The Morgan fingerprint density at radius 3 is 2.53 bits per heavy atom. The van der Waals surface area contributed by atoms with Crippen LogP contribution in [0.5, 0.6) is 0 Å². The molecular weight excluding hydrogens is 428 g/mol. The van der Waals surface area contributed by atoms with Crippen molar-refractivity contribution in [1.29, 1.82) is 0 Å². The first-order valence-corrected chi connectivity index (χ1v) is 10.7. The summed E-state index contributed by atoms with van der Waals surface area (Å²) < 4.78 is 1.59. The molecule has 9 heteroatoms. The fourth-order valence-electron chi connectivity index (χ4n) is 3.83. The first kappa shape index (κ1) is 20.4. The van der Waals surface area contributed by atoms with E-state index in [1.165, 1.54) is 0 Å². The van der Waals surface area contributed by atoms with Crippen LogP contribution in [-0.2, 0) is 0 Å². The molecule has 1 saturated heterocycles. The number of aromatic nitrogens is 4. The van der Waals surface area contributed by atoms with E-state index in [1.54, 1.807) is 41.2 Å². The highest BCUT2D eigenvalue weighted by Crippen LogP contribution is 2.21. The van der Waals surface area contributed by atoms with Crippen LogP contribution >= 0.6 is 11.6 Å². The van der Waals surface area contributed by atoms with Gasteiger partial charge in [0.1, 0.15) is 5.69 Å². The number of amides is 1. The molecular formula is C23H21ClN6O2. The van der Waals surface area contributed by atoms with Crippen LogP contribution in [0.3, 0.4) is 0 Å². The number of carbonyl (C=O) groups excluding carboxylic acids is 1. The Hall–Kier alpha value is -3.49. The summed E-state index contributed by atoms with van der Waals surface area (Å²) >= 11 is 6.01. The molecule has 5 rings (SSSR count). The van der Waals surface area contributed by atoms with E-state index in [-0.39, 0.29) is 11.5 Å². The minimum atomic E-state index is -0.264. The smallest absolute Gasteiger partial charge is 0.258 e. The normalized spacial score (nSPS) is 14.8. The number of aromatic amines is 1. The number of piperazine rings is 1. The van der Waals surface area contributed by atoms with E-state index in [0.29, 0.717) is 27.4 Å². The second-order valence-electron chi connectivity index (χ2n) is 7.93. The van der Waals surface area contributed by atoms with Crippen molar-refractivity contribution in [2.75, 3.05) is 33.2 Å². The van der Waals surface area contributed by atoms with Gasteiger partial charge in [0.2, 0.25) is 0 Å². The second kappa shape index (κ2) is 8.22. The molecule has 2 aromatic carbocycles. The largest absolute Gasteiger partial charge is 0.336 e. The first-order valence-electron chi connectivity index (χ1n) is 10.3. The zero-order chi connectivity index (χ0) is 22.2. The van der Waals surface area contributed by atoms with Gasteiger partial charge in [-0.1, -0.05) is 22.9 Å². The highest BCUT2D eigenvalue weighted by molar-refractivity contribution is 6.31. The van der Waals surface area contributed by atoms with Crippen LogP contribution in [0.1, 0.15) is 10.4 Å². The van der Waals surface area contributed by atoms with Crippen molar-refractivity contribution in [3.8, 4) is 16.9 Å². The molecule has 1 aliphatic rings. The predicted octanol–water partition coefficient (Wildman–Crippen LogP) is 2.82. The number of hydrogen-bond donors (Lipinski definition) is 1. The third-order valence-corrected chi connectivity index (χ3v) is 5.98. The lowest BCUT2D eigenvalue weighted by atomic mass is 10.1. The van der Waals surface area contributed by atoms with Gasteiger partial charge >= 0.3 is 0 Å². The van der Waals surface area contributed by atoms with Gasteiger partial charge in [0.25, 0.3) is 11.5 Å². The summed E-state index contributed by atoms with van der Waals surface area (Å²) in [5.41, 5.74) is 2.68. The van der Waals surface area contributed by atoms with Crippen LogP contribution in [0.15, 0.2) is 59.5 Å². The minimum Gasteiger partial charge on any atom is -0.336 e. The minimum absolute atomic E-state index is 0.0340. The summed E-state index contributed by atoms with van der Waals surface area (Å²) in [6.45, 7) is 3.23. The molecule has 1 N–H and O–H groups in total. The maximum Gasteiger partial charge on any atom is 0.258 e. The van der Waals surface area contributed by atoms with Crippen LogP contribution in [0.25, 0.3) is 27.8 Å². The van der Waals surface area contributed by atoms with Gasteiger partial charge in [0, 0.05) is 42.3 Å². The Kier molecular flexibility index (Phi) is 5.24.